The molecule has 0 fully saturated rings. The van der Waals surface area contributed by atoms with Gasteiger partial charge >= 0.3 is 6.09 Å². The minimum Gasteiger partial charge on any atom is -0.444 e. The van der Waals surface area contributed by atoms with Crippen LogP contribution < -0.4 is 5.32 Å². The first-order chi connectivity index (χ1) is 13.9. The molecule has 0 aliphatic carbocycles. The predicted octanol–water partition coefficient (Wildman–Crippen LogP) is 5.38. The zero-order valence-corrected chi connectivity index (χ0v) is 18.1. The van der Waals surface area contributed by atoms with Crippen molar-refractivity contribution in [2.45, 2.75) is 58.5 Å². The molecule has 6 nitrogen and oxygen atoms in total. The number of para-hydroxylation sites is 2. The Morgan fingerprint density at radius 1 is 1.03 bits per heavy atom. The summed E-state index contributed by atoms with van der Waals surface area (Å²) in [7, 11) is 0. The average Bonchev–Trinajstić information content (AvgIpc) is 3.14. The quantitative estimate of drug-likeness (QED) is 0.503. The molecule has 1 N–H and O–H groups in total. The second-order valence-electron chi connectivity index (χ2n) is 7.96. The predicted molar refractivity (Wildman–Crippen MR) is 117 cm³/mol. The third-order valence-corrected chi connectivity index (χ3v) is 5.32. The maximum absolute atomic E-state index is 11.6. The summed E-state index contributed by atoms with van der Waals surface area (Å²) in [6.45, 7) is 6.24. The highest BCUT2D eigenvalue weighted by molar-refractivity contribution is 7.15. The normalized spacial score (nSPS) is 11.6. The molecule has 29 heavy (non-hydrogen) atoms. The molecule has 1 aromatic carbocycles. The Kier molecular flexibility index (Phi) is 7.14. The minimum atomic E-state index is -0.449. The van der Waals surface area contributed by atoms with Crippen LogP contribution in [0.5, 0.6) is 0 Å². The van der Waals surface area contributed by atoms with Crippen LogP contribution in [0.15, 0.2) is 36.7 Å². The summed E-state index contributed by atoms with van der Waals surface area (Å²) in [6, 6.07) is 7.88. The number of rotatable bonds is 8. The van der Waals surface area contributed by atoms with E-state index in [0.717, 1.165) is 58.7 Å². The molecule has 1 amide bonds. The zero-order chi connectivity index (χ0) is 20.7. The lowest BCUT2D eigenvalue weighted by Crippen LogP contribution is -2.32. The van der Waals surface area contributed by atoms with Gasteiger partial charge in [0.1, 0.15) is 11.3 Å². The lowest BCUT2D eigenvalue weighted by molar-refractivity contribution is 0.0527. The fourth-order valence-corrected chi connectivity index (χ4v) is 3.79. The van der Waals surface area contributed by atoms with Crippen molar-refractivity contribution in [2.75, 3.05) is 6.54 Å². The van der Waals surface area contributed by atoms with Gasteiger partial charge in [-0.15, -0.1) is 11.3 Å². The number of alkyl carbamates (subject to hydrolysis) is 1. The molecule has 0 aliphatic rings. The number of ether oxygens (including phenoxy) is 1. The van der Waals surface area contributed by atoms with E-state index in [1.807, 2.05) is 57.4 Å². The summed E-state index contributed by atoms with van der Waals surface area (Å²) in [5.74, 6) is 0. The number of carbonyl (C=O) groups is 1. The monoisotopic (exact) mass is 412 g/mol. The molecule has 0 radical (unpaired) electrons. The third kappa shape index (κ3) is 6.78. The molecule has 154 valence electrons. The number of nitrogens with zero attached hydrogens (tertiary/aromatic N) is 3. The number of benzene rings is 1. The van der Waals surface area contributed by atoms with E-state index in [9.17, 15) is 4.79 Å². The van der Waals surface area contributed by atoms with E-state index in [2.05, 4.69) is 20.3 Å². The summed E-state index contributed by atoms with van der Waals surface area (Å²) in [6.07, 6.45) is 8.55. The van der Waals surface area contributed by atoms with Gasteiger partial charge in [0.05, 0.1) is 27.1 Å². The summed E-state index contributed by atoms with van der Waals surface area (Å²) in [4.78, 5) is 26.3. The number of nitrogens with one attached hydrogen (secondary N) is 1. The van der Waals surface area contributed by atoms with E-state index in [0.29, 0.717) is 6.54 Å². The maximum atomic E-state index is 11.6. The van der Waals surface area contributed by atoms with Crippen molar-refractivity contribution in [1.29, 1.82) is 0 Å². The lowest BCUT2D eigenvalue weighted by atomic mass is 10.1. The standard InChI is InChI=1S/C22H28N4O2S/c1-22(2,3)28-21(27)23-13-9-5-4-6-12-20-25-15-19(29-20)18-14-24-16-10-7-8-11-17(16)26-18/h7-8,10-11,14-15H,4-6,9,12-13H2,1-3H3,(H,23,27). The van der Waals surface area contributed by atoms with Crippen molar-refractivity contribution < 1.29 is 9.53 Å². The van der Waals surface area contributed by atoms with Crippen molar-refractivity contribution in [3.05, 3.63) is 41.7 Å². The van der Waals surface area contributed by atoms with Crippen molar-refractivity contribution in [1.82, 2.24) is 20.3 Å². The number of hydrogen-bond acceptors (Lipinski definition) is 6. The van der Waals surface area contributed by atoms with Gasteiger partial charge in [0, 0.05) is 12.7 Å². The van der Waals surface area contributed by atoms with Crippen LogP contribution in [-0.2, 0) is 11.2 Å². The molecule has 7 heteroatoms. The van der Waals surface area contributed by atoms with E-state index in [4.69, 9.17) is 4.74 Å². The van der Waals surface area contributed by atoms with Crippen LogP contribution in [-0.4, -0.2) is 33.2 Å². The summed E-state index contributed by atoms with van der Waals surface area (Å²) in [5.41, 5.74) is 2.23. The van der Waals surface area contributed by atoms with Gasteiger partial charge in [-0.05, 0) is 52.2 Å². The second kappa shape index (κ2) is 9.78. The molecular formula is C22H28N4O2S. The Bertz CT molecular complexity index is 949. The Morgan fingerprint density at radius 2 is 1.79 bits per heavy atom. The molecule has 0 atom stereocenters. The van der Waals surface area contributed by atoms with E-state index in [-0.39, 0.29) is 6.09 Å². The number of fused-ring (bicyclic) bond motifs is 1. The van der Waals surface area contributed by atoms with Crippen LogP contribution in [0.1, 0.15) is 51.5 Å². The van der Waals surface area contributed by atoms with Crippen molar-refractivity contribution in [3.63, 3.8) is 0 Å². The first-order valence-corrected chi connectivity index (χ1v) is 10.9. The molecule has 0 bridgehead atoms. The van der Waals surface area contributed by atoms with Crippen LogP contribution in [0.4, 0.5) is 4.79 Å². The van der Waals surface area contributed by atoms with Crippen LogP contribution in [0.3, 0.4) is 0 Å². The van der Waals surface area contributed by atoms with E-state index in [1.165, 1.54) is 0 Å². The highest BCUT2D eigenvalue weighted by atomic mass is 32.1. The molecule has 0 spiro atoms. The van der Waals surface area contributed by atoms with Crippen molar-refractivity contribution in [3.8, 4) is 10.6 Å². The number of aryl methyl sites for hydroxylation is 1. The van der Waals surface area contributed by atoms with Gasteiger partial charge in [0.25, 0.3) is 0 Å². The summed E-state index contributed by atoms with van der Waals surface area (Å²) >= 11 is 1.68. The number of thiazole rings is 1. The second-order valence-corrected chi connectivity index (χ2v) is 9.07. The number of amides is 1. The van der Waals surface area contributed by atoms with Crippen LogP contribution in [0, 0.1) is 0 Å². The molecule has 0 saturated carbocycles. The minimum absolute atomic E-state index is 0.343. The Labute approximate surface area is 175 Å². The highest BCUT2D eigenvalue weighted by Gasteiger charge is 2.15. The Morgan fingerprint density at radius 3 is 2.59 bits per heavy atom. The molecule has 3 rings (SSSR count). The van der Waals surface area contributed by atoms with Crippen LogP contribution in [0.25, 0.3) is 21.6 Å². The zero-order valence-electron chi connectivity index (χ0n) is 17.3. The van der Waals surface area contributed by atoms with Gasteiger partial charge in [-0.25, -0.2) is 14.8 Å². The molecule has 0 saturated heterocycles. The Hall–Kier alpha value is -2.54. The number of hydrogen-bond donors (Lipinski definition) is 1. The molecule has 2 aromatic heterocycles. The molecule has 0 unspecified atom stereocenters. The van der Waals surface area contributed by atoms with Crippen LogP contribution >= 0.6 is 11.3 Å². The Balaban J connectivity index is 1.37. The number of unbranched alkanes of at least 4 members (excludes halogenated alkanes) is 3. The summed E-state index contributed by atoms with van der Waals surface area (Å²) in [5, 5.41) is 3.92. The highest BCUT2D eigenvalue weighted by Crippen LogP contribution is 2.26. The fraction of sp³-hybridized carbons (Fsp3) is 0.455. The van der Waals surface area contributed by atoms with Gasteiger partial charge in [0.15, 0.2) is 0 Å². The third-order valence-electron chi connectivity index (χ3n) is 4.24. The number of aromatic nitrogens is 3. The van der Waals surface area contributed by atoms with Gasteiger partial charge in [-0.2, -0.15) is 0 Å². The van der Waals surface area contributed by atoms with Gasteiger partial charge in [0.2, 0.25) is 0 Å². The lowest BCUT2D eigenvalue weighted by Gasteiger charge is -2.19. The van der Waals surface area contributed by atoms with Crippen LogP contribution in [0.2, 0.25) is 0 Å². The first kappa shape index (κ1) is 21.2. The van der Waals surface area contributed by atoms with E-state index in [1.54, 1.807) is 11.3 Å². The topological polar surface area (TPSA) is 77.0 Å². The van der Waals surface area contributed by atoms with Gasteiger partial charge in [-0.1, -0.05) is 25.0 Å². The maximum Gasteiger partial charge on any atom is 0.407 e. The smallest absolute Gasteiger partial charge is 0.407 e. The van der Waals surface area contributed by atoms with Crippen molar-refractivity contribution in [2.24, 2.45) is 0 Å². The first-order valence-electron chi connectivity index (χ1n) is 10.0. The fourth-order valence-electron chi connectivity index (χ4n) is 2.88. The van der Waals surface area contributed by atoms with E-state index < -0.39 is 5.60 Å². The molecule has 0 aliphatic heterocycles. The molecule has 2 heterocycles. The van der Waals surface area contributed by atoms with E-state index >= 15 is 0 Å². The average molecular weight is 413 g/mol. The van der Waals surface area contributed by atoms with Gasteiger partial charge < -0.3 is 10.1 Å². The largest absolute Gasteiger partial charge is 0.444 e. The number of carbonyl (C=O) groups excluding carboxylic acids is 1. The SMILES string of the molecule is CC(C)(C)OC(=O)NCCCCCCc1ncc(-c2cnc3ccccc3n2)s1. The van der Waals surface area contributed by atoms with Gasteiger partial charge in [-0.3, -0.25) is 4.98 Å². The summed E-state index contributed by atoms with van der Waals surface area (Å²) < 4.78 is 5.22. The molecular weight excluding hydrogens is 384 g/mol. The molecule has 3 aromatic rings. The van der Waals surface area contributed by atoms with Crippen molar-refractivity contribution >= 4 is 28.5 Å².